The van der Waals surface area contributed by atoms with Gasteiger partial charge in [0.05, 0.1) is 7.11 Å². The van der Waals surface area contributed by atoms with Crippen LogP contribution in [-0.4, -0.2) is 17.9 Å². The van der Waals surface area contributed by atoms with E-state index in [0.717, 1.165) is 28.2 Å². The Hall–Kier alpha value is -2.82. The predicted octanol–water partition coefficient (Wildman–Crippen LogP) is 5.28. The van der Waals surface area contributed by atoms with E-state index in [9.17, 15) is 5.11 Å². The first-order chi connectivity index (χ1) is 13.7. The molecule has 5 heteroatoms. The van der Waals surface area contributed by atoms with Crippen LogP contribution in [0.2, 0.25) is 5.02 Å². The highest BCUT2D eigenvalue weighted by Crippen LogP contribution is 2.36. The van der Waals surface area contributed by atoms with Gasteiger partial charge >= 0.3 is 0 Å². The van der Waals surface area contributed by atoms with Gasteiger partial charge in [0, 0.05) is 34.3 Å². The first-order valence-corrected chi connectivity index (χ1v) is 9.53. The number of phenolic OH excluding ortho intramolecular Hbond substituents is 1. The fourth-order valence-electron chi connectivity index (χ4n) is 3.56. The van der Waals surface area contributed by atoms with E-state index in [1.165, 1.54) is 0 Å². The Kier molecular flexibility index (Phi) is 5.33. The molecular formula is C23H21ClN2O2. The number of hydrogen-bond acceptors (Lipinski definition) is 4. The van der Waals surface area contributed by atoms with Crippen molar-refractivity contribution in [3.63, 3.8) is 0 Å². The molecule has 0 aromatic heterocycles. The van der Waals surface area contributed by atoms with Crippen LogP contribution < -0.4 is 10.1 Å². The van der Waals surface area contributed by atoms with Crippen LogP contribution >= 0.6 is 11.6 Å². The molecule has 0 fully saturated rings. The Morgan fingerprint density at radius 3 is 2.36 bits per heavy atom. The molecule has 0 saturated heterocycles. The molecule has 0 bridgehead atoms. The minimum Gasteiger partial charge on any atom is -0.508 e. The lowest BCUT2D eigenvalue weighted by Crippen LogP contribution is -2.33. The quantitative estimate of drug-likeness (QED) is 0.635. The molecule has 0 aliphatic carbocycles. The van der Waals surface area contributed by atoms with E-state index in [1.54, 1.807) is 13.2 Å². The van der Waals surface area contributed by atoms with Crippen LogP contribution in [0.3, 0.4) is 0 Å². The van der Waals surface area contributed by atoms with E-state index in [4.69, 9.17) is 21.3 Å². The number of methoxy groups -OCH3 is 1. The number of benzene rings is 3. The highest BCUT2D eigenvalue weighted by Gasteiger charge is 2.28. The van der Waals surface area contributed by atoms with Crippen molar-refractivity contribution in [2.75, 3.05) is 7.11 Å². The van der Waals surface area contributed by atoms with Gasteiger partial charge in [-0.15, -0.1) is 0 Å². The number of rotatable bonds is 4. The Balaban J connectivity index is 1.78. The van der Waals surface area contributed by atoms with Crippen LogP contribution in [0.15, 0.2) is 77.8 Å². The predicted molar refractivity (Wildman–Crippen MR) is 112 cm³/mol. The summed E-state index contributed by atoms with van der Waals surface area (Å²) in [5, 5.41) is 14.6. The van der Waals surface area contributed by atoms with Gasteiger partial charge in [-0.25, -0.2) is 0 Å². The summed E-state index contributed by atoms with van der Waals surface area (Å²) in [7, 11) is 1.66. The molecule has 1 aliphatic rings. The number of phenols is 1. The molecule has 4 nitrogen and oxygen atoms in total. The first-order valence-electron chi connectivity index (χ1n) is 9.15. The summed E-state index contributed by atoms with van der Waals surface area (Å²) in [6.45, 7) is 0. The summed E-state index contributed by atoms with van der Waals surface area (Å²) in [4.78, 5) is 4.97. The lowest BCUT2D eigenvalue weighted by atomic mass is 9.93. The number of aromatic hydroxyl groups is 1. The first kappa shape index (κ1) is 18.5. The van der Waals surface area contributed by atoms with Crippen molar-refractivity contribution in [3.8, 4) is 11.5 Å². The molecule has 2 atom stereocenters. The van der Waals surface area contributed by atoms with E-state index in [-0.39, 0.29) is 18.0 Å². The molecule has 0 amide bonds. The molecular weight excluding hydrogens is 372 g/mol. The van der Waals surface area contributed by atoms with Crippen molar-refractivity contribution in [1.82, 2.24) is 5.32 Å². The summed E-state index contributed by atoms with van der Waals surface area (Å²) < 4.78 is 5.54. The smallest absolute Gasteiger partial charge is 0.129 e. The molecule has 0 unspecified atom stereocenters. The van der Waals surface area contributed by atoms with Crippen molar-refractivity contribution in [2.45, 2.75) is 18.6 Å². The maximum absolute atomic E-state index is 10.4. The van der Waals surface area contributed by atoms with Crippen molar-refractivity contribution >= 4 is 17.3 Å². The fraction of sp³-hybridized carbons (Fsp3) is 0.174. The summed E-state index contributed by atoms with van der Waals surface area (Å²) in [6, 6.07) is 22.9. The molecule has 4 rings (SSSR count). The molecule has 0 radical (unpaired) electrons. The maximum atomic E-state index is 10.4. The van der Waals surface area contributed by atoms with Crippen molar-refractivity contribution in [2.24, 2.45) is 4.99 Å². The van der Waals surface area contributed by atoms with E-state index in [2.05, 4.69) is 5.32 Å². The van der Waals surface area contributed by atoms with Gasteiger partial charge in [-0.3, -0.25) is 10.3 Å². The van der Waals surface area contributed by atoms with Crippen LogP contribution in [-0.2, 0) is 0 Å². The SMILES string of the molecule is COc1ccccc1[C@@H]1N=C(c2ccc(Cl)cc2)C[C@@H](c2ccccc2O)N1. The van der Waals surface area contributed by atoms with Crippen LogP contribution in [0.4, 0.5) is 0 Å². The topological polar surface area (TPSA) is 53.9 Å². The molecule has 1 aliphatic heterocycles. The summed E-state index contributed by atoms with van der Waals surface area (Å²) in [6.07, 6.45) is 0.366. The van der Waals surface area contributed by atoms with Gasteiger partial charge in [-0.1, -0.05) is 60.1 Å². The van der Waals surface area contributed by atoms with Crippen LogP contribution in [0.5, 0.6) is 11.5 Å². The number of halogens is 1. The van der Waals surface area contributed by atoms with Gasteiger partial charge in [0.25, 0.3) is 0 Å². The van der Waals surface area contributed by atoms with E-state index in [0.29, 0.717) is 11.4 Å². The largest absolute Gasteiger partial charge is 0.508 e. The highest BCUT2D eigenvalue weighted by molar-refractivity contribution is 6.30. The van der Waals surface area contributed by atoms with Crippen molar-refractivity contribution in [1.29, 1.82) is 0 Å². The monoisotopic (exact) mass is 392 g/mol. The van der Waals surface area contributed by atoms with Gasteiger partial charge in [-0.05, 0) is 29.8 Å². The maximum Gasteiger partial charge on any atom is 0.129 e. The van der Waals surface area contributed by atoms with Gasteiger partial charge in [0.2, 0.25) is 0 Å². The minimum absolute atomic E-state index is 0.0840. The number of hydrogen-bond donors (Lipinski definition) is 2. The third-order valence-corrected chi connectivity index (χ3v) is 5.22. The van der Waals surface area contributed by atoms with Crippen molar-refractivity contribution in [3.05, 3.63) is 94.5 Å². The minimum atomic E-state index is -0.291. The average Bonchev–Trinajstić information content (AvgIpc) is 2.74. The summed E-state index contributed by atoms with van der Waals surface area (Å²) in [5.41, 5.74) is 3.78. The lowest BCUT2D eigenvalue weighted by molar-refractivity contribution is 0.381. The van der Waals surface area contributed by atoms with Crippen molar-refractivity contribution < 1.29 is 9.84 Å². The molecule has 28 heavy (non-hydrogen) atoms. The van der Waals surface area contributed by atoms with Gasteiger partial charge in [0.1, 0.15) is 17.7 Å². The zero-order valence-corrected chi connectivity index (χ0v) is 16.2. The normalized spacial score (nSPS) is 19.1. The fourth-order valence-corrected chi connectivity index (χ4v) is 3.68. The van der Waals surface area contributed by atoms with Crippen LogP contribution in [0.25, 0.3) is 0 Å². The van der Waals surface area contributed by atoms with Gasteiger partial charge in [-0.2, -0.15) is 0 Å². The number of para-hydroxylation sites is 2. The molecule has 1 heterocycles. The zero-order valence-electron chi connectivity index (χ0n) is 15.5. The summed E-state index contributed by atoms with van der Waals surface area (Å²) >= 11 is 6.06. The lowest BCUT2D eigenvalue weighted by Gasteiger charge is -2.31. The van der Waals surface area contributed by atoms with Crippen LogP contribution in [0.1, 0.15) is 35.3 Å². The van der Waals surface area contributed by atoms with Gasteiger partial charge < -0.3 is 9.84 Å². The second kappa shape index (κ2) is 8.05. The number of nitrogens with one attached hydrogen (secondary N) is 1. The number of ether oxygens (including phenoxy) is 1. The third-order valence-electron chi connectivity index (χ3n) is 4.96. The standard InChI is InChI=1S/C23H21ClN2O2/c1-28-22-9-5-3-7-18(22)23-25-19(15-10-12-16(24)13-11-15)14-20(26-23)17-6-2-4-8-21(17)27/h2-13,20,23,26-27H,14H2,1H3/t20-,23+/m0/s1. The second-order valence-corrected chi connectivity index (χ2v) is 7.15. The number of aliphatic imine (C=N–C) groups is 1. The molecule has 0 spiro atoms. The van der Waals surface area contributed by atoms with E-state index < -0.39 is 0 Å². The highest BCUT2D eigenvalue weighted by atomic mass is 35.5. The number of nitrogens with zero attached hydrogens (tertiary/aromatic N) is 1. The Labute approximate surface area is 169 Å². The molecule has 142 valence electrons. The Morgan fingerprint density at radius 1 is 0.964 bits per heavy atom. The summed E-state index contributed by atoms with van der Waals surface area (Å²) in [5.74, 6) is 1.05. The molecule has 2 N–H and O–H groups in total. The van der Waals surface area contributed by atoms with E-state index >= 15 is 0 Å². The zero-order chi connectivity index (χ0) is 19.5. The molecule has 3 aromatic rings. The van der Waals surface area contributed by atoms with Crippen LogP contribution in [0, 0.1) is 0 Å². The third kappa shape index (κ3) is 3.75. The molecule has 3 aromatic carbocycles. The second-order valence-electron chi connectivity index (χ2n) is 6.71. The Morgan fingerprint density at radius 2 is 1.64 bits per heavy atom. The van der Waals surface area contributed by atoms with E-state index in [1.807, 2.05) is 66.7 Å². The Bertz CT molecular complexity index is 1000. The average molecular weight is 393 g/mol. The molecule has 0 saturated carbocycles. The van der Waals surface area contributed by atoms with Gasteiger partial charge in [0.15, 0.2) is 0 Å².